The van der Waals surface area contributed by atoms with Crippen LogP contribution in [0.15, 0.2) is 103 Å². The topological polar surface area (TPSA) is 12.0 Å². The van der Waals surface area contributed by atoms with Gasteiger partial charge in [-0.05, 0) is 64.8 Å². The summed E-state index contributed by atoms with van der Waals surface area (Å²) in [6.07, 6.45) is 7.86. The molecule has 3 rings (SSSR count). The molecule has 3 aromatic carbocycles. The zero-order valence-electron chi connectivity index (χ0n) is 24.7. The molecule has 0 fully saturated rings. The summed E-state index contributed by atoms with van der Waals surface area (Å²) in [5, 5.41) is 8.16. The summed E-state index contributed by atoms with van der Waals surface area (Å²) in [5.41, 5.74) is 4.00. The maximum Gasteiger partial charge on any atom is 0.0457 e. The Balaban J connectivity index is 0.000000315. The van der Waals surface area contributed by atoms with Gasteiger partial charge in [0.25, 0.3) is 0 Å². The molecule has 37 heavy (non-hydrogen) atoms. The highest BCUT2D eigenvalue weighted by Gasteiger charge is 2.12. The molecular weight excluding hydrogens is 446 g/mol. The molecule has 0 bridgehead atoms. The molecule has 0 aromatic heterocycles. The largest absolute Gasteiger partial charge is 0.355 e. The lowest BCUT2D eigenvalue weighted by molar-refractivity contribution is 0.469. The van der Waals surface area contributed by atoms with Crippen molar-refractivity contribution in [3.05, 3.63) is 119 Å². The average Bonchev–Trinajstić information content (AvgIpc) is 2.85. The number of hydrogen-bond acceptors (Lipinski definition) is 1. The highest BCUT2D eigenvalue weighted by Crippen LogP contribution is 2.29. The van der Waals surface area contributed by atoms with Gasteiger partial charge in [-0.15, -0.1) is 0 Å². The number of fused-ring (bicyclic) bond motifs is 1. The predicted molar refractivity (Wildman–Crippen MR) is 169 cm³/mol. The van der Waals surface area contributed by atoms with Crippen molar-refractivity contribution in [2.24, 2.45) is 11.3 Å². The van der Waals surface area contributed by atoms with Crippen LogP contribution in [0.25, 0.3) is 23.0 Å². The molecule has 1 heteroatoms. The van der Waals surface area contributed by atoms with E-state index >= 15 is 0 Å². The molecule has 1 nitrogen and oxygen atoms in total. The number of hydrogen-bond donors (Lipinski definition) is 1. The summed E-state index contributed by atoms with van der Waals surface area (Å²) in [4.78, 5) is 0. The normalized spacial score (nSPS) is 13.3. The third-order valence-electron chi connectivity index (χ3n) is 5.76. The van der Waals surface area contributed by atoms with Gasteiger partial charge in [-0.2, -0.15) is 0 Å². The van der Waals surface area contributed by atoms with Gasteiger partial charge in [0.05, 0.1) is 0 Å². The van der Waals surface area contributed by atoms with Gasteiger partial charge in [-0.1, -0.05) is 141 Å². The third kappa shape index (κ3) is 11.5. The molecule has 0 spiro atoms. The summed E-state index contributed by atoms with van der Waals surface area (Å²) < 4.78 is 0. The summed E-state index contributed by atoms with van der Waals surface area (Å²) in [7, 11) is 0. The second kappa shape index (κ2) is 15.7. The molecule has 0 heterocycles. The molecule has 198 valence electrons. The van der Waals surface area contributed by atoms with Gasteiger partial charge in [-0.25, -0.2) is 0 Å². The summed E-state index contributed by atoms with van der Waals surface area (Å²) in [5.74, 6) is 1.31. The predicted octanol–water partition coefficient (Wildman–Crippen LogP) is 9.11. The van der Waals surface area contributed by atoms with E-state index in [4.69, 9.17) is 0 Å². The Morgan fingerprint density at radius 2 is 1.41 bits per heavy atom. The zero-order chi connectivity index (χ0) is 28.0. The highest BCUT2D eigenvalue weighted by molar-refractivity contribution is 5.86. The minimum absolute atomic E-state index is 0.500. The Labute approximate surface area is 227 Å². The van der Waals surface area contributed by atoms with Crippen molar-refractivity contribution in [2.45, 2.75) is 68.2 Å². The van der Waals surface area contributed by atoms with E-state index in [2.05, 4.69) is 109 Å². The number of rotatable bonds is 6. The maximum atomic E-state index is 4.02. The van der Waals surface area contributed by atoms with Gasteiger partial charge in [0.1, 0.15) is 0 Å². The monoisotopic (exact) mass is 495 g/mol. The molecule has 1 atom stereocenters. The van der Waals surface area contributed by atoms with Crippen LogP contribution >= 0.6 is 0 Å². The lowest BCUT2D eigenvalue weighted by Gasteiger charge is -2.18. The molecule has 0 saturated heterocycles. The van der Waals surface area contributed by atoms with Crippen LogP contribution in [0.3, 0.4) is 0 Å². The fourth-order valence-electron chi connectivity index (χ4n) is 3.56. The fraction of sp³-hybridized carbons (Fsp3) is 0.333. The molecule has 1 unspecified atom stereocenters. The number of nitrogens with one attached hydrogen (secondary N) is 1. The van der Waals surface area contributed by atoms with Crippen molar-refractivity contribution < 1.29 is 0 Å². The smallest absolute Gasteiger partial charge is 0.0457 e. The summed E-state index contributed by atoms with van der Waals surface area (Å²) >= 11 is 0. The quantitative estimate of drug-likeness (QED) is 0.336. The van der Waals surface area contributed by atoms with E-state index < -0.39 is 0 Å². The van der Waals surface area contributed by atoms with Crippen molar-refractivity contribution in [1.82, 2.24) is 5.32 Å². The third-order valence-corrected chi connectivity index (χ3v) is 5.76. The molecular formula is C36H49N. The van der Waals surface area contributed by atoms with Gasteiger partial charge in [0.15, 0.2) is 0 Å². The van der Waals surface area contributed by atoms with Crippen molar-refractivity contribution in [3.8, 4) is 0 Å². The van der Waals surface area contributed by atoms with E-state index in [1.165, 1.54) is 16.3 Å². The molecule has 0 saturated carbocycles. The summed E-state index contributed by atoms with van der Waals surface area (Å²) in [6.45, 7) is 27.5. The van der Waals surface area contributed by atoms with E-state index in [0.717, 1.165) is 21.8 Å². The van der Waals surface area contributed by atoms with Crippen LogP contribution in [0, 0.1) is 11.3 Å². The van der Waals surface area contributed by atoms with Gasteiger partial charge < -0.3 is 5.32 Å². The Hall–Kier alpha value is -3.32. The van der Waals surface area contributed by atoms with Crippen molar-refractivity contribution >= 4 is 23.0 Å². The zero-order valence-corrected chi connectivity index (χ0v) is 24.7. The van der Waals surface area contributed by atoms with Crippen LogP contribution in [-0.2, 0) is 0 Å². The van der Waals surface area contributed by atoms with E-state index in [-0.39, 0.29) is 0 Å². The van der Waals surface area contributed by atoms with E-state index in [1.807, 2.05) is 62.4 Å². The number of allylic oxidation sites excluding steroid dienone is 3. The minimum atomic E-state index is 0.500. The van der Waals surface area contributed by atoms with E-state index in [9.17, 15) is 0 Å². The van der Waals surface area contributed by atoms with Crippen molar-refractivity contribution in [1.29, 1.82) is 0 Å². The van der Waals surface area contributed by atoms with Gasteiger partial charge in [-0.3, -0.25) is 0 Å². The first kappa shape index (κ1) is 31.7. The molecule has 3 aromatic rings. The lowest BCUT2D eigenvalue weighted by atomic mass is 9.87. The minimum Gasteiger partial charge on any atom is -0.355 e. The average molecular weight is 496 g/mol. The van der Waals surface area contributed by atoms with Crippen LogP contribution in [-0.4, -0.2) is 0 Å². The highest BCUT2D eigenvalue weighted by atomic mass is 14.9. The van der Waals surface area contributed by atoms with Crippen molar-refractivity contribution in [3.63, 3.8) is 0 Å². The van der Waals surface area contributed by atoms with Gasteiger partial charge in [0.2, 0.25) is 0 Å². The van der Waals surface area contributed by atoms with Gasteiger partial charge in [0, 0.05) is 16.6 Å². The van der Waals surface area contributed by atoms with Crippen LogP contribution < -0.4 is 15.8 Å². The molecule has 0 aliphatic rings. The Kier molecular flexibility index (Phi) is 13.5. The first-order valence-electron chi connectivity index (χ1n) is 13.4. The summed E-state index contributed by atoms with van der Waals surface area (Å²) in [6, 6.07) is 23.3. The Morgan fingerprint density at radius 1 is 0.838 bits per heavy atom. The fourth-order valence-corrected chi connectivity index (χ4v) is 3.56. The molecule has 0 amide bonds. The Morgan fingerprint density at radius 3 is 1.95 bits per heavy atom. The SMILES string of the molecule is C=C/C(NC(/C=C\C)=C/C)=c1/ccccc1=C.CC(C)(C)C.CC(C)C(C)c1cccc2ccccc12. The first-order valence-corrected chi connectivity index (χ1v) is 13.4. The molecule has 0 radical (unpaired) electrons. The Bertz CT molecular complexity index is 1270. The second-order valence-electron chi connectivity index (χ2n) is 11.2. The first-order chi connectivity index (χ1) is 17.4. The van der Waals surface area contributed by atoms with Crippen LogP contribution in [0.1, 0.15) is 73.8 Å². The molecule has 0 aliphatic heterocycles. The lowest BCUT2D eigenvalue weighted by Crippen LogP contribution is -2.29. The van der Waals surface area contributed by atoms with E-state index in [0.29, 0.717) is 17.3 Å². The standard InChI is InChI=1S/C16H19N.C15H18.C5H12/c1-5-10-14(6-2)17-16(7-3)15-12-9-8-11-13(15)4;1-11(2)12(3)14-10-6-8-13-7-4-5-9-15(13)14;1-5(2,3)4/h5-12,17H,3-4H2,1-2H3;4-12H,1-3H3;1-4H3/b10-5-,14-6+,16-15+;;. The van der Waals surface area contributed by atoms with Crippen molar-refractivity contribution in [2.75, 3.05) is 0 Å². The van der Waals surface area contributed by atoms with Gasteiger partial charge >= 0.3 is 0 Å². The molecule has 0 aliphatic carbocycles. The second-order valence-corrected chi connectivity index (χ2v) is 11.2. The molecule has 1 N–H and O–H groups in total. The van der Waals surface area contributed by atoms with E-state index in [1.54, 1.807) is 0 Å². The van der Waals surface area contributed by atoms with Crippen LogP contribution in [0.4, 0.5) is 0 Å². The van der Waals surface area contributed by atoms with Crippen LogP contribution in [0.2, 0.25) is 0 Å². The van der Waals surface area contributed by atoms with Crippen LogP contribution in [0.5, 0.6) is 0 Å². The number of benzene rings is 3. The maximum absolute atomic E-state index is 4.02.